The van der Waals surface area contributed by atoms with Crippen LogP contribution in [0, 0.1) is 13.8 Å². The molecule has 0 aliphatic heterocycles. The van der Waals surface area contributed by atoms with Gasteiger partial charge in [0.1, 0.15) is 5.75 Å². The van der Waals surface area contributed by atoms with Crippen LogP contribution in [0.25, 0.3) is 0 Å². The van der Waals surface area contributed by atoms with Gasteiger partial charge < -0.3 is 4.74 Å². The van der Waals surface area contributed by atoms with E-state index >= 15 is 0 Å². The molecule has 4 nitrogen and oxygen atoms in total. The van der Waals surface area contributed by atoms with Gasteiger partial charge in [0.2, 0.25) is 0 Å². The second-order valence-electron chi connectivity index (χ2n) is 4.72. The second-order valence-corrected chi connectivity index (χ2v) is 7.29. The summed E-state index contributed by atoms with van der Waals surface area (Å²) in [6, 6.07) is 10.4. The number of ether oxygens (including phenoxy) is 1. The van der Waals surface area contributed by atoms with E-state index in [-0.39, 0.29) is 4.90 Å². The molecule has 0 saturated heterocycles. The number of nitrogens with one attached hydrogen (secondary N) is 1. The van der Waals surface area contributed by atoms with Crippen molar-refractivity contribution in [2.75, 3.05) is 11.8 Å². The van der Waals surface area contributed by atoms with Crippen LogP contribution < -0.4 is 9.46 Å². The summed E-state index contributed by atoms with van der Waals surface area (Å²) >= 11 is 3.29. The maximum atomic E-state index is 12.5. The van der Waals surface area contributed by atoms with E-state index in [0.717, 1.165) is 5.56 Å². The number of benzene rings is 2. The Morgan fingerprint density at radius 1 is 1.10 bits per heavy atom. The topological polar surface area (TPSA) is 55.4 Å². The van der Waals surface area contributed by atoms with Crippen molar-refractivity contribution in [2.24, 2.45) is 0 Å². The summed E-state index contributed by atoms with van der Waals surface area (Å²) in [6.45, 7) is 3.67. The molecule has 0 aliphatic carbocycles. The van der Waals surface area contributed by atoms with Gasteiger partial charge in [-0.05, 0) is 49.2 Å². The van der Waals surface area contributed by atoms with Crippen molar-refractivity contribution in [1.29, 1.82) is 0 Å². The van der Waals surface area contributed by atoms with Gasteiger partial charge in [0.25, 0.3) is 10.0 Å². The molecule has 21 heavy (non-hydrogen) atoms. The second kappa shape index (κ2) is 6.07. The van der Waals surface area contributed by atoms with Crippen molar-refractivity contribution in [2.45, 2.75) is 18.7 Å². The maximum Gasteiger partial charge on any atom is 0.262 e. The minimum Gasteiger partial charge on any atom is -0.495 e. The molecule has 2 aromatic rings. The number of hydrogen-bond donors (Lipinski definition) is 1. The lowest BCUT2D eigenvalue weighted by Gasteiger charge is -2.14. The molecule has 112 valence electrons. The summed E-state index contributed by atoms with van der Waals surface area (Å²) in [7, 11) is -2.16. The molecule has 0 bridgehead atoms. The zero-order chi connectivity index (χ0) is 15.6. The minimum absolute atomic E-state index is 0.236. The fourth-order valence-electron chi connectivity index (χ4n) is 1.95. The van der Waals surface area contributed by atoms with Crippen molar-refractivity contribution >= 4 is 31.6 Å². The van der Waals surface area contributed by atoms with Crippen LogP contribution in [0.15, 0.2) is 45.8 Å². The Morgan fingerprint density at radius 3 is 2.48 bits per heavy atom. The largest absolute Gasteiger partial charge is 0.495 e. The molecule has 0 fully saturated rings. The summed E-state index contributed by atoms with van der Waals surface area (Å²) in [6.07, 6.45) is 0. The van der Waals surface area contributed by atoms with Crippen LogP contribution in [0.5, 0.6) is 5.75 Å². The Balaban J connectivity index is 2.45. The molecular formula is C15H16BrNO3S. The lowest BCUT2D eigenvalue weighted by Crippen LogP contribution is -2.15. The van der Waals surface area contributed by atoms with Crippen LogP contribution in [0.4, 0.5) is 5.69 Å². The number of rotatable bonds is 4. The Kier molecular flexibility index (Phi) is 4.58. The van der Waals surface area contributed by atoms with Crippen LogP contribution in [0.1, 0.15) is 11.1 Å². The van der Waals surface area contributed by atoms with Crippen molar-refractivity contribution in [3.63, 3.8) is 0 Å². The molecule has 2 aromatic carbocycles. The number of aryl methyl sites for hydroxylation is 2. The monoisotopic (exact) mass is 369 g/mol. The van der Waals surface area contributed by atoms with Gasteiger partial charge in [-0.1, -0.05) is 28.1 Å². The van der Waals surface area contributed by atoms with Crippen LogP contribution >= 0.6 is 15.9 Å². The van der Waals surface area contributed by atoms with Gasteiger partial charge in [-0.25, -0.2) is 8.42 Å². The van der Waals surface area contributed by atoms with Crippen LogP contribution in [0.3, 0.4) is 0 Å². The summed E-state index contributed by atoms with van der Waals surface area (Å²) in [5, 5.41) is 0. The summed E-state index contributed by atoms with van der Waals surface area (Å²) in [5.74, 6) is 0.492. The minimum atomic E-state index is -3.67. The van der Waals surface area contributed by atoms with E-state index < -0.39 is 10.0 Å². The molecule has 0 heterocycles. The molecule has 0 aromatic heterocycles. The van der Waals surface area contributed by atoms with Crippen molar-refractivity contribution in [3.8, 4) is 5.75 Å². The molecule has 1 N–H and O–H groups in total. The summed E-state index contributed by atoms with van der Waals surface area (Å²) < 4.78 is 33.6. The highest BCUT2D eigenvalue weighted by atomic mass is 79.9. The van der Waals surface area contributed by atoms with E-state index in [4.69, 9.17) is 4.74 Å². The Labute approximate surface area is 133 Å². The molecular weight excluding hydrogens is 354 g/mol. The average Bonchev–Trinajstić information content (AvgIpc) is 2.43. The first-order valence-electron chi connectivity index (χ1n) is 6.27. The summed E-state index contributed by atoms with van der Waals surface area (Å²) in [5.41, 5.74) is 2.09. The first-order valence-corrected chi connectivity index (χ1v) is 8.55. The Morgan fingerprint density at radius 2 is 1.81 bits per heavy atom. The van der Waals surface area contributed by atoms with Crippen LogP contribution in [-0.4, -0.2) is 15.5 Å². The molecule has 0 saturated carbocycles. The van der Waals surface area contributed by atoms with E-state index in [0.29, 0.717) is 21.5 Å². The maximum absolute atomic E-state index is 12.5. The molecule has 0 radical (unpaired) electrons. The fraction of sp³-hybridized carbons (Fsp3) is 0.200. The number of halogens is 1. The third-order valence-electron chi connectivity index (χ3n) is 3.04. The van der Waals surface area contributed by atoms with Gasteiger partial charge in [0.15, 0.2) is 0 Å². The number of sulfonamides is 1. The molecule has 0 aliphatic rings. The van der Waals surface area contributed by atoms with Crippen molar-refractivity contribution < 1.29 is 13.2 Å². The number of hydrogen-bond acceptors (Lipinski definition) is 3. The van der Waals surface area contributed by atoms with Gasteiger partial charge in [-0.3, -0.25) is 4.72 Å². The Bertz CT molecular complexity index is 772. The smallest absolute Gasteiger partial charge is 0.262 e. The van der Waals surface area contributed by atoms with Gasteiger partial charge in [0.05, 0.1) is 17.7 Å². The molecule has 0 unspecified atom stereocenters. The van der Waals surface area contributed by atoms with E-state index in [2.05, 4.69) is 20.7 Å². The lowest BCUT2D eigenvalue weighted by molar-refractivity contribution is 0.416. The predicted molar refractivity (Wildman–Crippen MR) is 87.4 cm³/mol. The van der Waals surface area contributed by atoms with E-state index in [1.54, 1.807) is 37.3 Å². The SMILES string of the molecule is COc1cc(C)ccc1NS(=O)(=O)c1cc(Br)ccc1C. The van der Waals surface area contributed by atoms with Crippen LogP contribution in [0.2, 0.25) is 0 Å². The normalized spacial score (nSPS) is 11.2. The predicted octanol–water partition coefficient (Wildman–Crippen LogP) is 3.88. The third kappa shape index (κ3) is 3.57. The van der Waals surface area contributed by atoms with E-state index in [1.807, 2.05) is 13.0 Å². The van der Waals surface area contributed by atoms with E-state index in [1.165, 1.54) is 7.11 Å². The zero-order valence-corrected chi connectivity index (χ0v) is 14.4. The first-order chi connectivity index (χ1) is 9.83. The summed E-state index contributed by atoms with van der Waals surface area (Å²) in [4.78, 5) is 0.236. The van der Waals surface area contributed by atoms with Crippen molar-refractivity contribution in [1.82, 2.24) is 0 Å². The fourth-order valence-corrected chi connectivity index (χ4v) is 3.80. The van der Waals surface area contributed by atoms with Gasteiger partial charge in [-0.2, -0.15) is 0 Å². The van der Waals surface area contributed by atoms with Gasteiger partial charge in [-0.15, -0.1) is 0 Å². The lowest BCUT2D eigenvalue weighted by atomic mass is 10.2. The number of anilines is 1. The Hall–Kier alpha value is -1.53. The highest BCUT2D eigenvalue weighted by Crippen LogP contribution is 2.29. The van der Waals surface area contributed by atoms with Crippen molar-refractivity contribution in [3.05, 3.63) is 52.0 Å². The average molecular weight is 370 g/mol. The quantitative estimate of drug-likeness (QED) is 0.889. The molecule has 0 amide bonds. The van der Waals surface area contributed by atoms with Crippen LogP contribution in [-0.2, 0) is 10.0 Å². The molecule has 0 spiro atoms. The standard InChI is InChI=1S/C15H16BrNO3S/c1-10-4-7-13(14(8-10)20-3)17-21(18,19)15-9-12(16)6-5-11(15)2/h4-9,17H,1-3H3. The number of methoxy groups -OCH3 is 1. The molecule has 2 rings (SSSR count). The van der Waals surface area contributed by atoms with E-state index in [9.17, 15) is 8.42 Å². The van der Waals surface area contributed by atoms with Gasteiger partial charge in [0, 0.05) is 4.47 Å². The highest BCUT2D eigenvalue weighted by Gasteiger charge is 2.19. The highest BCUT2D eigenvalue weighted by molar-refractivity contribution is 9.10. The first kappa shape index (κ1) is 15.9. The third-order valence-corrected chi connectivity index (χ3v) is 5.04. The molecule has 0 atom stereocenters. The zero-order valence-electron chi connectivity index (χ0n) is 12.0. The van der Waals surface area contributed by atoms with Gasteiger partial charge >= 0.3 is 0 Å². The molecule has 6 heteroatoms.